The lowest BCUT2D eigenvalue weighted by Gasteiger charge is -2.25. The van der Waals surface area contributed by atoms with Gasteiger partial charge in [-0.2, -0.15) is 18.4 Å². The molecule has 3 unspecified atom stereocenters. The van der Waals surface area contributed by atoms with Crippen molar-refractivity contribution >= 4 is 17.7 Å². The molecule has 12 heteroatoms. The highest BCUT2D eigenvalue weighted by Crippen LogP contribution is 2.46. The summed E-state index contributed by atoms with van der Waals surface area (Å²) >= 11 is 0. The van der Waals surface area contributed by atoms with Gasteiger partial charge in [0.05, 0.1) is 6.07 Å². The van der Waals surface area contributed by atoms with Gasteiger partial charge in [0.25, 0.3) is 5.91 Å². The van der Waals surface area contributed by atoms with Crippen LogP contribution >= 0.6 is 0 Å². The molecule has 3 rings (SSSR count). The Hall–Kier alpha value is -3.10. The highest BCUT2D eigenvalue weighted by molar-refractivity contribution is 5.96. The molecule has 180 valence electrons. The molecule has 0 bridgehead atoms. The molecule has 4 N–H and O–H groups in total. The topological polar surface area (TPSA) is 127 Å². The Bertz CT molecular complexity index is 972. The summed E-state index contributed by atoms with van der Waals surface area (Å²) in [6.07, 6.45) is -2.82. The number of rotatable bonds is 8. The normalized spacial score (nSPS) is 21.1. The van der Waals surface area contributed by atoms with E-state index in [9.17, 15) is 37.2 Å². The molecule has 3 amide bonds. The second-order valence-electron chi connectivity index (χ2n) is 9.33. The van der Waals surface area contributed by atoms with E-state index in [0.717, 1.165) is 18.9 Å². The fourth-order valence-electron chi connectivity index (χ4n) is 3.97. The number of aromatic amines is 1. The van der Waals surface area contributed by atoms with Crippen LogP contribution in [0.2, 0.25) is 0 Å². The van der Waals surface area contributed by atoms with E-state index in [1.54, 1.807) is 0 Å². The van der Waals surface area contributed by atoms with E-state index in [2.05, 4.69) is 16.0 Å². The van der Waals surface area contributed by atoms with Gasteiger partial charge in [-0.15, -0.1) is 0 Å². The van der Waals surface area contributed by atoms with Crippen LogP contribution in [0.15, 0.2) is 12.1 Å². The lowest BCUT2D eigenvalue weighted by molar-refractivity contribution is -0.140. The minimum absolute atomic E-state index is 0.0566. The molecule has 0 aromatic carbocycles. The summed E-state index contributed by atoms with van der Waals surface area (Å²) in [6.45, 7) is 2.35. The van der Waals surface area contributed by atoms with Crippen LogP contribution in [0.4, 0.5) is 17.6 Å². The van der Waals surface area contributed by atoms with E-state index in [4.69, 9.17) is 0 Å². The molecule has 1 spiro atoms. The average molecular weight is 471 g/mol. The minimum Gasteiger partial charge on any atom is -0.350 e. The molecule has 1 aliphatic carbocycles. The highest BCUT2D eigenvalue weighted by Gasteiger charge is 2.52. The minimum atomic E-state index is -4.69. The maximum Gasteiger partial charge on any atom is 0.431 e. The van der Waals surface area contributed by atoms with Gasteiger partial charge in [-0.3, -0.25) is 14.4 Å². The summed E-state index contributed by atoms with van der Waals surface area (Å²) in [6, 6.07) is 0.954. The number of H-pyrrole nitrogens is 1. The Morgan fingerprint density at radius 3 is 2.39 bits per heavy atom. The van der Waals surface area contributed by atoms with Crippen molar-refractivity contribution in [3.63, 3.8) is 0 Å². The molecule has 1 saturated heterocycles. The van der Waals surface area contributed by atoms with Gasteiger partial charge in [0.1, 0.15) is 29.1 Å². The molecule has 2 aliphatic rings. The Morgan fingerprint density at radius 2 is 1.91 bits per heavy atom. The van der Waals surface area contributed by atoms with Gasteiger partial charge in [0.15, 0.2) is 0 Å². The molecule has 1 aromatic heterocycles. The van der Waals surface area contributed by atoms with E-state index >= 15 is 0 Å². The van der Waals surface area contributed by atoms with Crippen molar-refractivity contribution in [2.24, 2.45) is 5.92 Å². The number of nitrogens with one attached hydrogen (secondary N) is 4. The van der Waals surface area contributed by atoms with Crippen LogP contribution in [0.3, 0.4) is 0 Å². The van der Waals surface area contributed by atoms with Crippen molar-refractivity contribution in [3.8, 4) is 6.07 Å². The largest absolute Gasteiger partial charge is 0.431 e. The van der Waals surface area contributed by atoms with Gasteiger partial charge in [-0.25, -0.2) is 4.39 Å². The zero-order valence-electron chi connectivity index (χ0n) is 18.1. The summed E-state index contributed by atoms with van der Waals surface area (Å²) in [5.74, 6) is -2.55. The molecular formula is C21H25F4N5O3. The predicted molar refractivity (Wildman–Crippen MR) is 107 cm³/mol. The van der Waals surface area contributed by atoms with Gasteiger partial charge in [0.2, 0.25) is 11.8 Å². The standard InChI is InChI=1S/C21H25F4N5O3/c1-19(2,22)9-14(29-17(32)13-3-4-15(28-13)21(23,24)25)18(33)27-12(10-26)7-11-8-20(5-6-20)30-16(11)31/h3-4,11-12,14,28H,5-9H2,1-2H3,(H,27,33)(H,29,32)(H,30,31). The first-order chi connectivity index (χ1) is 15.2. The molecular weight excluding hydrogens is 446 g/mol. The molecule has 33 heavy (non-hydrogen) atoms. The van der Waals surface area contributed by atoms with Crippen molar-refractivity contribution in [2.75, 3.05) is 0 Å². The van der Waals surface area contributed by atoms with Gasteiger partial charge >= 0.3 is 6.18 Å². The molecule has 8 nitrogen and oxygen atoms in total. The van der Waals surface area contributed by atoms with Crippen LogP contribution in [0.5, 0.6) is 0 Å². The molecule has 1 aromatic rings. The number of hydrogen-bond acceptors (Lipinski definition) is 4. The lowest BCUT2D eigenvalue weighted by Crippen LogP contribution is -2.51. The number of carbonyl (C=O) groups excluding carboxylic acids is 3. The van der Waals surface area contributed by atoms with Crippen molar-refractivity contribution in [3.05, 3.63) is 23.5 Å². The van der Waals surface area contributed by atoms with Crippen molar-refractivity contribution in [2.45, 2.75) is 75.4 Å². The van der Waals surface area contributed by atoms with Gasteiger partial charge in [0, 0.05) is 17.9 Å². The van der Waals surface area contributed by atoms with Crippen LogP contribution in [-0.4, -0.2) is 46.0 Å². The molecule has 1 saturated carbocycles. The van der Waals surface area contributed by atoms with Crippen molar-refractivity contribution in [1.29, 1.82) is 5.26 Å². The average Bonchev–Trinajstić information content (AvgIpc) is 3.11. The molecule has 0 radical (unpaired) electrons. The van der Waals surface area contributed by atoms with E-state index in [0.29, 0.717) is 12.5 Å². The third-order valence-corrected chi connectivity index (χ3v) is 5.79. The maximum absolute atomic E-state index is 14.3. The summed E-state index contributed by atoms with van der Waals surface area (Å²) in [5, 5.41) is 17.0. The first kappa shape index (κ1) is 24.5. The monoisotopic (exact) mass is 471 g/mol. The molecule has 1 aliphatic heterocycles. The zero-order chi connectivity index (χ0) is 24.6. The first-order valence-corrected chi connectivity index (χ1v) is 10.5. The van der Waals surface area contributed by atoms with E-state index in [-0.39, 0.29) is 17.9 Å². The summed E-state index contributed by atoms with van der Waals surface area (Å²) in [4.78, 5) is 39.3. The van der Waals surface area contributed by atoms with Crippen LogP contribution < -0.4 is 16.0 Å². The Kier molecular flexibility index (Phi) is 6.46. The predicted octanol–water partition coefficient (Wildman–Crippen LogP) is 2.34. The number of nitrogens with zero attached hydrogens (tertiary/aromatic N) is 1. The number of carbonyl (C=O) groups is 3. The van der Waals surface area contributed by atoms with E-state index in [1.807, 2.05) is 11.1 Å². The third-order valence-electron chi connectivity index (χ3n) is 5.79. The van der Waals surface area contributed by atoms with E-state index in [1.165, 1.54) is 13.8 Å². The quantitative estimate of drug-likeness (QED) is 0.434. The third kappa shape index (κ3) is 6.24. The number of hydrogen-bond donors (Lipinski definition) is 4. The fourth-order valence-corrected chi connectivity index (χ4v) is 3.97. The van der Waals surface area contributed by atoms with Crippen LogP contribution in [0.1, 0.15) is 62.1 Å². The van der Waals surface area contributed by atoms with Gasteiger partial charge in [-0.1, -0.05) is 0 Å². The Labute approximate surface area is 187 Å². The van der Waals surface area contributed by atoms with Crippen molar-refractivity contribution < 1.29 is 31.9 Å². The molecule has 3 atom stereocenters. The molecule has 2 fully saturated rings. The number of aromatic nitrogens is 1. The first-order valence-electron chi connectivity index (χ1n) is 10.5. The summed E-state index contributed by atoms with van der Waals surface area (Å²) in [7, 11) is 0. The summed E-state index contributed by atoms with van der Waals surface area (Å²) in [5.41, 5.74) is -3.71. The second kappa shape index (κ2) is 8.68. The number of halogens is 4. The SMILES string of the molecule is CC(C)(F)CC(NC(=O)c1ccc(C(F)(F)F)[nH]1)C(=O)NC(C#N)CC1CC2(CC2)NC1=O. The Balaban J connectivity index is 1.66. The van der Waals surface area contributed by atoms with Gasteiger partial charge < -0.3 is 20.9 Å². The smallest absolute Gasteiger partial charge is 0.350 e. The van der Waals surface area contributed by atoms with E-state index < -0.39 is 59.5 Å². The second-order valence-corrected chi connectivity index (χ2v) is 9.33. The fraction of sp³-hybridized carbons (Fsp3) is 0.619. The lowest BCUT2D eigenvalue weighted by atomic mass is 9.95. The number of nitriles is 1. The van der Waals surface area contributed by atoms with Crippen molar-refractivity contribution in [1.82, 2.24) is 20.9 Å². The number of amides is 3. The molecule has 2 heterocycles. The Morgan fingerprint density at radius 1 is 1.24 bits per heavy atom. The van der Waals surface area contributed by atoms with Crippen LogP contribution in [0, 0.1) is 17.2 Å². The van der Waals surface area contributed by atoms with Gasteiger partial charge in [-0.05, 0) is 51.7 Å². The summed E-state index contributed by atoms with van der Waals surface area (Å²) < 4.78 is 52.6. The number of alkyl halides is 4. The van der Waals surface area contributed by atoms with Crippen LogP contribution in [-0.2, 0) is 15.8 Å². The maximum atomic E-state index is 14.3. The van der Waals surface area contributed by atoms with Crippen LogP contribution in [0.25, 0.3) is 0 Å². The zero-order valence-corrected chi connectivity index (χ0v) is 18.1. The highest BCUT2D eigenvalue weighted by atomic mass is 19.4.